The van der Waals surface area contributed by atoms with Crippen LogP contribution in [-0.2, 0) is 9.53 Å². The highest BCUT2D eigenvalue weighted by molar-refractivity contribution is 5.75. The van der Waals surface area contributed by atoms with E-state index in [4.69, 9.17) is 4.74 Å². The maximum Gasteiger partial charge on any atom is 0.323 e. The minimum absolute atomic E-state index is 0.100. The minimum Gasteiger partial charge on any atom is -0.465 e. The number of aliphatic hydroxyl groups excluding tert-OH is 1. The van der Waals surface area contributed by atoms with Crippen molar-refractivity contribution in [3.63, 3.8) is 0 Å². The van der Waals surface area contributed by atoms with E-state index in [1.165, 1.54) is 0 Å². The van der Waals surface area contributed by atoms with Crippen LogP contribution < -0.4 is 0 Å². The summed E-state index contributed by atoms with van der Waals surface area (Å²) in [4.78, 5) is 14.3. The van der Waals surface area contributed by atoms with Crippen LogP contribution in [0.15, 0.2) is 0 Å². The molecule has 1 aliphatic heterocycles. The predicted octanol–water partition coefficient (Wildman–Crippen LogP) is 1.95. The summed E-state index contributed by atoms with van der Waals surface area (Å²) in [5, 5.41) is 9.54. The maximum absolute atomic E-state index is 12.0. The van der Waals surface area contributed by atoms with Crippen molar-refractivity contribution >= 4 is 5.97 Å². The zero-order valence-corrected chi connectivity index (χ0v) is 11.9. The van der Waals surface area contributed by atoms with Crippen molar-refractivity contribution in [3.05, 3.63) is 0 Å². The van der Waals surface area contributed by atoms with Gasteiger partial charge in [-0.05, 0) is 46.1 Å². The van der Waals surface area contributed by atoms with Gasteiger partial charge in [-0.25, -0.2) is 0 Å². The Hall–Kier alpha value is -0.610. The molecule has 0 saturated carbocycles. The largest absolute Gasteiger partial charge is 0.465 e. The number of likely N-dealkylation sites (tertiary alicyclic amines) is 1. The average Bonchev–Trinajstić information content (AvgIpc) is 2.73. The smallest absolute Gasteiger partial charge is 0.323 e. The molecule has 4 nitrogen and oxygen atoms in total. The van der Waals surface area contributed by atoms with Crippen LogP contribution in [0.5, 0.6) is 0 Å². The molecule has 0 radical (unpaired) electrons. The third-order valence-corrected chi connectivity index (χ3v) is 3.56. The Morgan fingerprint density at radius 2 is 2.22 bits per heavy atom. The minimum atomic E-state index is -0.305. The van der Waals surface area contributed by atoms with Crippen LogP contribution >= 0.6 is 0 Å². The molecule has 3 unspecified atom stereocenters. The fraction of sp³-hybridized carbons (Fsp3) is 0.929. The van der Waals surface area contributed by atoms with Gasteiger partial charge in [0.1, 0.15) is 6.04 Å². The van der Waals surface area contributed by atoms with Crippen molar-refractivity contribution in [2.45, 2.75) is 71.1 Å². The molecule has 1 N–H and O–H groups in total. The van der Waals surface area contributed by atoms with Crippen LogP contribution in [0.1, 0.15) is 52.9 Å². The van der Waals surface area contributed by atoms with Crippen LogP contribution in [0.3, 0.4) is 0 Å². The predicted molar refractivity (Wildman–Crippen MR) is 71.4 cm³/mol. The van der Waals surface area contributed by atoms with Gasteiger partial charge in [-0.15, -0.1) is 0 Å². The monoisotopic (exact) mass is 257 g/mol. The molecular formula is C14H27NO3. The first kappa shape index (κ1) is 15.4. The van der Waals surface area contributed by atoms with E-state index in [0.29, 0.717) is 12.6 Å². The van der Waals surface area contributed by atoms with E-state index in [1.807, 2.05) is 13.8 Å². The number of hydrogen-bond donors (Lipinski definition) is 1. The summed E-state index contributed by atoms with van der Waals surface area (Å²) in [6.07, 6.45) is 4.44. The van der Waals surface area contributed by atoms with Crippen LogP contribution in [-0.4, -0.2) is 47.3 Å². The zero-order valence-electron chi connectivity index (χ0n) is 11.9. The van der Waals surface area contributed by atoms with Gasteiger partial charge in [0.15, 0.2) is 0 Å². The van der Waals surface area contributed by atoms with Gasteiger partial charge in [0.25, 0.3) is 0 Å². The van der Waals surface area contributed by atoms with Gasteiger partial charge in [-0.3, -0.25) is 9.69 Å². The molecule has 0 bridgehead atoms. The molecule has 4 heteroatoms. The Bertz CT molecular complexity index is 255. The second kappa shape index (κ2) is 7.74. The molecule has 1 fully saturated rings. The summed E-state index contributed by atoms with van der Waals surface area (Å²) in [5.74, 6) is -0.100. The lowest BCUT2D eigenvalue weighted by Gasteiger charge is -2.32. The number of carbonyl (C=O) groups is 1. The van der Waals surface area contributed by atoms with Gasteiger partial charge in [0.2, 0.25) is 0 Å². The summed E-state index contributed by atoms with van der Waals surface area (Å²) < 4.78 is 5.18. The van der Waals surface area contributed by atoms with E-state index in [0.717, 1.165) is 38.6 Å². The van der Waals surface area contributed by atoms with Crippen molar-refractivity contribution < 1.29 is 14.6 Å². The molecule has 18 heavy (non-hydrogen) atoms. The molecule has 1 aliphatic rings. The number of carbonyl (C=O) groups excluding carboxylic acids is 1. The normalized spacial score (nSPS) is 23.9. The molecule has 106 valence electrons. The Kier molecular flexibility index (Phi) is 6.65. The van der Waals surface area contributed by atoms with Crippen molar-refractivity contribution in [1.82, 2.24) is 4.90 Å². The van der Waals surface area contributed by atoms with Gasteiger partial charge < -0.3 is 9.84 Å². The quantitative estimate of drug-likeness (QED) is 0.708. The molecule has 0 aromatic rings. The zero-order chi connectivity index (χ0) is 13.5. The molecule has 0 aromatic heterocycles. The second-order valence-corrected chi connectivity index (χ2v) is 5.18. The number of ether oxygens (including phenoxy) is 1. The Morgan fingerprint density at radius 1 is 1.50 bits per heavy atom. The Balaban J connectivity index is 2.67. The molecule has 0 amide bonds. The Morgan fingerprint density at radius 3 is 2.78 bits per heavy atom. The third kappa shape index (κ3) is 4.25. The van der Waals surface area contributed by atoms with Gasteiger partial charge in [-0.1, -0.05) is 13.3 Å². The average molecular weight is 257 g/mol. The van der Waals surface area contributed by atoms with Gasteiger partial charge >= 0.3 is 5.97 Å². The van der Waals surface area contributed by atoms with Crippen LogP contribution in [0, 0.1) is 0 Å². The maximum atomic E-state index is 12.0. The summed E-state index contributed by atoms with van der Waals surface area (Å²) in [6, 6.07) is 0.201. The molecular weight excluding hydrogens is 230 g/mol. The van der Waals surface area contributed by atoms with Crippen LogP contribution in [0.4, 0.5) is 0 Å². The molecule has 1 heterocycles. The van der Waals surface area contributed by atoms with Gasteiger partial charge in [0, 0.05) is 6.04 Å². The highest BCUT2D eigenvalue weighted by Crippen LogP contribution is 2.26. The molecule has 0 aromatic carbocycles. The fourth-order valence-corrected chi connectivity index (χ4v) is 2.85. The van der Waals surface area contributed by atoms with E-state index in [2.05, 4.69) is 11.8 Å². The summed E-state index contributed by atoms with van der Waals surface area (Å²) >= 11 is 0. The van der Waals surface area contributed by atoms with E-state index >= 15 is 0 Å². The van der Waals surface area contributed by atoms with Crippen LogP contribution in [0.2, 0.25) is 0 Å². The fourth-order valence-electron chi connectivity index (χ4n) is 2.85. The van der Waals surface area contributed by atoms with E-state index in [9.17, 15) is 9.90 Å². The number of nitrogens with zero attached hydrogens (tertiary/aromatic N) is 1. The lowest BCUT2D eigenvalue weighted by Crippen LogP contribution is -2.45. The van der Waals surface area contributed by atoms with Crippen molar-refractivity contribution in [1.29, 1.82) is 0 Å². The highest BCUT2D eigenvalue weighted by atomic mass is 16.5. The highest BCUT2D eigenvalue weighted by Gasteiger charge is 2.35. The summed E-state index contributed by atoms with van der Waals surface area (Å²) in [7, 11) is 0. The molecule has 3 atom stereocenters. The lowest BCUT2D eigenvalue weighted by molar-refractivity contribution is -0.150. The van der Waals surface area contributed by atoms with Gasteiger partial charge in [-0.2, -0.15) is 0 Å². The van der Waals surface area contributed by atoms with Crippen LogP contribution in [0.25, 0.3) is 0 Å². The first-order valence-corrected chi connectivity index (χ1v) is 7.20. The summed E-state index contributed by atoms with van der Waals surface area (Å²) in [5.41, 5.74) is 0. The second-order valence-electron chi connectivity index (χ2n) is 5.18. The van der Waals surface area contributed by atoms with E-state index in [-0.39, 0.29) is 18.1 Å². The number of aliphatic hydroxyl groups is 1. The first-order chi connectivity index (χ1) is 8.60. The molecule has 1 saturated heterocycles. The lowest BCUT2D eigenvalue weighted by atomic mass is 10.0. The SMILES string of the molecule is CCCC(C(=O)OCC)N1CCCC1CC(C)O. The van der Waals surface area contributed by atoms with Crippen molar-refractivity contribution in [2.24, 2.45) is 0 Å². The number of hydrogen-bond acceptors (Lipinski definition) is 4. The summed E-state index contributed by atoms with van der Waals surface area (Å²) in [6.45, 7) is 7.13. The first-order valence-electron chi connectivity index (χ1n) is 7.20. The number of esters is 1. The molecule has 1 rings (SSSR count). The van der Waals surface area contributed by atoms with Crippen molar-refractivity contribution in [2.75, 3.05) is 13.2 Å². The Labute approximate surface area is 110 Å². The third-order valence-electron chi connectivity index (χ3n) is 3.56. The topological polar surface area (TPSA) is 49.8 Å². The molecule has 0 spiro atoms. The van der Waals surface area contributed by atoms with E-state index in [1.54, 1.807) is 0 Å². The molecule has 0 aliphatic carbocycles. The standard InChI is InChI=1S/C14H27NO3/c1-4-7-13(14(17)18-5-2)15-9-6-8-12(15)10-11(3)16/h11-13,16H,4-10H2,1-3H3. The van der Waals surface area contributed by atoms with Gasteiger partial charge in [0.05, 0.1) is 12.7 Å². The number of rotatable bonds is 7. The van der Waals surface area contributed by atoms with E-state index < -0.39 is 0 Å². The van der Waals surface area contributed by atoms with Crippen molar-refractivity contribution in [3.8, 4) is 0 Å².